The summed E-state index contributed by atoms with van der Waals surface area (Å²) in [5.41, 5.74) is 2.51. The maximum Gasteiger partial charge on any atom is 0.344 e. The Labute approximate surface area is 150 Å². The van der Waals surface area contributed by atoms with Gasteiger partial charge in [0.1, 0.15) is 11.4 Å². The molecule has 2 aromatic heterocycles. The number of nitrogens with zero attached hydrogens (tertiary/aromatic N) is 3. The molecule has 0 spiro atoms. The van der Waals surface area contributed by atoms with Crippen LogP contribution in [0.25, 0.3) is 22.6 Å². The van der Waals surface area contributed by atoms with Crippen molar-refractivity contribution in [3.8, 4) is 28.4 Å². The van der Waals surface area contributed by atoms with Gasteiger partial charge in [0.2, 0.25) is 0 Å². The third-order valence-electron chi connectivity index (χ3n) is 3.74. The topological polar surface area (TPSA) is 86.5 Å². The van der Waals surface area contributed by atoms with Crippen LogP contribution in [0.4, 0.5) is 0 Å². The van der Waals surface area contributed by atoms with Gasteiger partial charge in [0, 0.05) is 18.0 Å². The van der Waals surface area contributed by atoms with E-state index < -0.39 is 5.97 Å². The summed E-state index contributed by atoms with van der Waals surface area (Å²) in [5.74, 6) is 0.293. The highest BCUT2D eigenvalue weighted by atomic mass is 16.6. The number of aromatic nitrogens is 3. The summed E-state index contributed by atoms with van der Waals surface area (Å²) in [5, 5.41) is 10.7. The molecular weight excluding hydrogens is 334 g/mol. The lowest BCUT2D eigenvalue weighted by atomic mass is 10.2. The molecule has 26 heavy (non-hydrogen) atoms. The average molecular weight is 353 g/mol. The van der Waals surface area contributed by atoms with E-state index >= 15 is 0 Å². The summed E-state index contributed by atoms with van der Waals surface area (Å²) >= 11 is 0. The summed E-state index contributed by atoms with van der Waals surface area (Å²) in [6.07, 6.45) is 3.32. The van der Waals surface area contributed by atoms with Gasteiger partial charge in [-0.3, -0.25) is 4.98 Å². The normalized spacial score (nSPS) is 10.5. The minimum atomic E-state index is -0.457. The van der Waals surface area contributed by atoms with Crippen molar-refractivity contribution < 1.29 is 19.5 Å². The Hall–Kier alpha value is -3.35. The smallest absolute Gasteiger partial charge is 0.344 e. The molecule has 0 aliphatic rings. The van der Waals surface area contributed by atoms with Crippen LogP contribution in [0.1, 0.15) is 12.6 Å². The minimum absolute atomic E-state index is 0.217. The first kappa shape index (κ1) is 17.5. The van der Waals surface area contributed by atoms with Crippen LogP contribution in [-0.4, -0.2) is 39.1 Å². The first-order valence-corrected chi connectivity index (χ1v) is 8.18. The Balaban J connectivity index is 1.97. The predicted octanol–water partition coefficient (Wildman–Crippen LogP) is 3.10. The number of para-hydroxylation sites is 1. The molecule has 1 N–H and O–H groups in total. The van der Waals surface area contributed by atoms with Gasteiger partial charge in [0.25, 0.3) is 0 Å². The first-order valence-electron chi connectivity index (χ1n) is 8.18. The predicted molar refractivity (Wildman–Crippen MR) is 94.9 cm³/mol. The van der Waals surface area contributed by atoms with Crippen molar-refractivity contribution in [2.45, 2.75) is 13.8 Å². The van der Waals surface area contributed by atoms with E-state index in [1.807, 2.05) is 6.07 Å². The van der Waals surface area contributed by atoms with Crippen LogP contribution in [0.5, 0.6) is 5.75 Å². The van der Waals surface area contributed by atoms with Crippen molar-refractivity contribution >= 4 is 5.97 Å². The van der Waals surface area contributed by atoms with Crippen LogP contribution in [0.3, 0.4) is 0 Å². The maximum atomic E-state index is 11.5. The Kier molecular flexibility index (Phi) is 5.17. The minimum Gasteiger partial charge on any atom is -0.481 e. The second-order valence-electron chi connectivity index (χ2n) is 5.51. The highest BCUT2D eigenvalue weighted by Crippen LogP contribution is 2.33. The molecule has 0 saturated heterocycles. The maximum absolute atomic E-state index is 11.5. The number of hydrogen-bond acceptors (Lipinski definition) is 6. The molecule has 0 saturated carbocycles. The largest absolute Gasteiger partial charge is 0.481 e. The van der Waals surface area contributed by atoms with Crippen molar-refractivity contribution in [1.29, 1.82) is 0 Å². The van der Waals surface area contributed by atoms with Crippen LogP contribution in [-0.2, 0) is 9.53 Å². The molecule has 0 fully saturated rings. The molecule has 1 aromatic carbocycles. The third-order valence-corrected chi connectivity index (χ3v) is 3.74. The van der Waals surface area contributed by atoms with Gasteiger partial charge in [-0.15, -0.1) is 0 Å². The SMILES string of the molecule is CCOC(=O)COc1ccccc1-c1nc(C)c(-c2cccnc2)n1O. The van der Waals surface area contributed by atoms with E-state index in [0.29, 0.717) is 35.1 Å². The number of carbonyl (C=O) groups is 1. The van der Waals surface area contributed by atoms with Crippen LogP contribution in [0.2, 0.25) is 0 Å². The van der Waals surface area contributed by atoms with E-state index in [9.17, 15) is 10.0 Å². The zero-order chi connectivity index (χ0) is 18.5. The molecule has 0 radical (unpaired) electrons. The zero-order valence-electron chi connectivity index (χ0n) is 14.5. The van der Waals surface area contributed by atoms with Crippen molar-refractivity contribution in [1.82, 2.24) is 14.7 Å². The van der Waals surface area contributed by atoms with Gasteiger partial charge in [-0.1, -0.05) is 12.1 Å². The van der Waals surface area contributed by atoms with E-state index in [2.05, 4.69) is 9.97 Å². The Morgan fingerprint density at radius 1 is 1.23 bits per heavy atom. The molecule has 2 heterocycles. The number of rotatable bonds is 6. The Morgan fingerprint density at radius 3 is 2.77 bits per heavy atom. The van der Waals surface area contributed by atoms with E-state index in [1.54, 1.807) is 56.6 Å². The molecule has 0 aliphatic carbocycles. The van der Waals surface area contributed by atoms with Gasteiger partial charge in [-0.2, -0.15) is 4.73 Å². The number of pyridine rings is 1. The monoisotopic (exact) mass is 353 g/mol. The summed E-state index contributed by atoms with van der Waals surface area (Å²) in [4.78, 5) is 20.1. The summed E-state index contributed by atoms with van der Waals surface area (Å²) in [7, 11) is 0. The van der Waals surface area contributed by atoms with Gasteiger partial charge in [0.15, 0.2) is 12.4 Å². The molecule has 0 unspecified atom stereocenters. The lowest BCUT2D eigenvalue weighted by Gasteiger charge is -2.11. The quantitative estimate of drug-likeness (QED) is 0.541. The fourth-order valence-electron chi connectivity index (χ4n) is 2.64. The van der Waals surface area contributed by atoms with Gasteiger partial charge in [-0.05, 0) is 38.1 Å². The first-order chi connectivity index (χ1) is 12.6. The summed E-state index contributed by atoms with van der Waals surface area (Å²) < 4.78 is 11.5. The molecule has 0 aliphatic heterocycles. The standard InChI is InChI=1S/C19H19N3O4/c1-3-25-17(23)12-26-16-9-5-4-8-15(16)19-21-13(2)18(22(19)24)14-7-6-10-20-11-14/h4-11,24H,3,12H2,1-2H3. The van der Waals surface area contributed by atoms with Crippen LogP contribution >= 0.6 is 0 Å². The third kappa shape index (κ3) is 3.51. The summed E-state index contributed by atoms with van der Waals surface area (Å²) in [6, 6.07) is 10.7. The fraction of sp³-hybridized carbons (Fsp3) is 0.211. The molecule has 7 nitrogen and oxygen atoms in total. The Morgan fingerprint density at radius 2 is 2.04 bits per heavy atom. The number of imidazole rings is 1. The van der Waals surface area contributed by atoms with Gasteiger partial charge < -0.3 is 14.7 Å². The molecule has 134 valence electrons. The Bertz CT molecular complexity index is 906. The number of ether oxygens (including phenoxy) is 2. The lowest BCUT2D eigenvalue weighted by Crippen LogP contribution is -2.15. The molecule has 0 atom stereocenters. The van der Waals surface area contributed by atoms with E-state index in [-0.39, 0.29) is 6.61 Å². The van der Waals surface area contributed by atoms with Crippen molar-refractivity contribution in [3.05, 3.63) is 54.5 Å². The molecule has 3 rings (SSSR count). The second kappa shape index (κ2) is 7.69. The lowest BCUT2D eigenvalue weighted by molar-refractivity contribution is -0.145. The summed E-state index contributed by atoms with van der Waals surface area (Å²) in [6.45, 7) is 3.61. The number of aryl methyl sites for hydroxylation is 1. The molecular formula is C19H19N3O4. The number of carbonyl (C=O) groups excluding carboxylic acids is 1. The van der Waals surface area contributed by atoms with Crippen molar-refractivity contribution in [2.24, 2.45) is 0 Å². The van der Waals surface area contributed by atoms with Crippen molar-refractivity contribution in [2.75, 3.05) is 13.2 Å². The zero-order valence-corrected chi connectivity index (χ0v) is 14.5. The van der Waals surface area contributed by atoms with Crippen LogP contribution in [0.15, 0.2) is 48.8 Å². The number of hydrogen-bond donors (Lipinski definition) is 1. The fourth-order valence-corrected chi connectivity index (χ4v) is 2.64. The van der Waals surface area contributed by atoms with E-state index in [4.69, 9.17) is 9.47 Å². The molecule has 0 amide bonds. The number of esters is 1. The van der Waals surface area contributed by atoms with Gasteiger partial charge in [0.05, 0.1) is 17.9 Å². The molecule has 7 heteroatoms. The number of benzene rings is 1. The van der Waals surface area contributed by atoms with E-state index in [1.165, 1.54) is 0 Å². The van der Waals surface area contributed by atoms with Gasteiger partial charge in [-0.25, -0.2) is 9.78 Å². The highest BCUT2D eigenvalue weighted by molar-refractivity contribution is 5.73. The van der Waals surface area contributed by atoms with Gasteiger partial charge >= 0.3 is 5.97 Å². The van der Waals surface area contributed by atoms with Crippen molar-refractivity contribution in [3.63, 3.8) is 0 Å². The van der Waals surface area contributed by atoms with Crippen LogP contribution < -0.4 is 4.74 Å². The van der Waals surface area contributed by atoms with Crippen LogP contribution in [0, 0.1) is 6.92 Å². The average Bonchev–Trinajstić information content (AvgIpc) is 2.95. The molecule has 3 aromatic rings. The van der Waals surface area contributed by atoms with E-state index in [0.717, 1.165) is 10.3 Å². The molecule has 0 bridgehead atoms. The highest BCUT2D eigenvalue weighted by Gasteiger charge is 2.20. The second-order valence-corrected chi connectivity index (χ2v) is 5.51.